The summed E-state index contributed by atoms with van der Waals surface area (Å²) in [4.78, 5) is 19.0. The Morgan fingerprint density at radius 3 is 2.58 bits per heavy atom. The highest BCUT2D eigenvalue weighted by atomic mass is 16.5. The first-order chi connectivity index (χ1) is 15.0. The van der Waals surface area contributed by atoms with Crippen molar-refractivity contribution < 1.29 is 9.53 Å². The third-order valence-corrected chi connectivity index (χ3v) is 5.34. The van der Waals surface area contributed by atoms with Crippen LogP contribution in [0, 0.1) is 6.92 Å². The molecule has 0 aliphatic heterocycles. The number of ether oxygens (including phenoxy) is 1. The molecule has 0 saturated carbocycles. The van der Waals surface area contributed by atoms with Crippen LogP contribution in [0.4, 0.5) is 0 Å². The molecule has 1 aromatic carbocycles. The topological polar surface area (TPSA) is 78.1 Å². The van der Waals surface area contributed by atoms with Gasteiger partial charge in [0.2, 0.25) is 5.91 Å². The van der Waals surface area contributed by atoms with Crippen molar-refractivity contribution in [1.29, 1.82) is 0 Å². The van der Waals surface area contributed by atoms with Crippen LogP contribution in [0.1, 0.15) is 18.3 Å². The van der Waals surface area contributed by atoms with Crippen LogP contribution in [0.2, 0.25) is 0 Å². The summed E-state index contributed by atoms with van der Waals surface area (Å²) in [5, 5.41) is 10.0. The zero-order chi connectivity index (χ0) is 22.0. The lowest BCUT2D eigenvalue weighted by atomic mass is 10.0. The van der Waals surface area contributed by atoms with E-state index in [1.54, 1.807) is 29.9 Å². The molecule has 0 saturated heterocycles. The van der Waals surface area contributed by atoms with Crippen LogP contribution in [0.25, 0.3) is 22.2 Å². The monoisotopic (exact) mass is 418 g/mol. The first-order valence-electron chi connectivity index (χ1n) is 10.2. The van der Waals surface area contributed by atoms with Gasteiger partial charge in [0, 0.05) is 31.4 Å². The smallest absolute Gasteiger partial charge is 0.244 e. The molecule has 0 fully saturated rings. The maximum absolute atomic E-state index is 12.9. The number of benzene rings is 1. The number of rotatable bonds is 7. The molecule has 31 heavy (non-hydrogen) atoms. The number of likely N-dealkylation sites (N-methyl/N-ethyl adjacent to an activating group) is 1. The summed E-state index contributed by atoms with van der Waals surface area (Å²) in [7, 11) is 3.43. The molecule has 0 spiro atoms. The summed E-state index contributed by atoms with van der Waals surface area (Å²) < 4.78 is 8.79. The fourth-order valence-electron chi connectivity index (χ4n) is 3.65. The molecule has 160 valence electrons. The van der Waals surface area contributed by atoms with Gasteiger partial charge in [-0.15, -0.1) is 0 Å². The van der Waals surface area contributed by atoms with Gasteiger partial charge in [-0.2, -0.15) is 10.2 Å². The highest BCUT2D eigenvalue weighted by Crippen LogP contribution is 2.30. The van der Waals surface area contributed by atoms with Crippen LogP contribution in [0.5, 0.6) is 5.75 Å². The molecule has 0 aliphatic carbocycles. The predicted molar refractivity (Wildman–Crippen MR) is 119 cm³/mol. The number of nitrogens with zero attached hydrogens (tertiary/aromatic N) is 6. The van der Waals surface area contributed by atoms with Gasteiger partial charge in [0.05, 0.1) is 25.0 Å². The number of hydrogen-bond donors (Lipinski definition) is 0. The average molecular weight is 419 g/mol. The molecule has 1 amide bonds. The summed E-state index contributed by atoms with van der Waals surface area (Å²) in [6.07, 6.45) is 3.67. The number of amides is 1. The minimum atomic E-state index is -0.0490. The zero-order valence-corrected chi connectivity index (χ0v) is 18.2. The fraction of sp³-hybridized carbons (Fsp3) is 0.304. The van der Waals surface area contributed by atoms with Crippen molar-refractivity contribution in [1.82, 2.24) is 29.4 Å². The molecule has 8 heteroatoms. The van der Waals surface area contributed by atoms with Crippen molar-refractivity contribution >= 4 is 16.9 Å². The van der Waals surface area contributed by atoms with Crippen LogP contribution in [-0.4, -0.2) is 49.5 Å². The van der Waals surface area contributed by atoms with Crippen LogP contribution in [-0.2, 0) is 24.4 Å². The van der Waals surface area contributed by atoms with Gasteiger partial charge in [0.25, 0.3) is 0 Å². The van der Waals surface area contributed by atoms with Crippen LogP contribution < -0.4 is 4.74 Å². The number of carbonyl (C=O) groups is 1. The van der Waals surface area contributed by atoms with E-state index in [-0.39, 0.29) is 12.5 Å². The van der Waals surface area contributed by atoms with Gasteiger partial charge in [-0.1, -0.05) is 12.1 Å². The number of hydrogen-bond acceptors (Lipinski definition) is 5. The van der Waals surface area contributed by atoms with E-state index in [1.807, 2.05) is 61.1 Å². The zero-order valence-electron chi connectivity index (χ0n) is 18.2. The van der Waals surface area contributed by atoms with E-state index in [9.17, 15) is 4.79 Å². The summed E-state index contributed by atoms with van der Waals surface area (Å²) >= 11 is 0. The second kappa shape index (κ2) is 8.59. The number of methoxy groups -OCH3 is 1. The van der Waals surface area contributed by atoms with Crippen molar-refractivity contribution in [2.24, 2.45) is 0 Å². The molecule has 0 radical (unpaired) electrons. The average Bonchev–Trinajstić information content (AvgIpc) is 3.37. The molecule has 0 bridgehead atoms. The van der Waals surface area contributed by atoms with Crippen molar-refractivity contribution in [3.63, 3.8) is 0 Å². The van der Waals surface area contributed by atoms with Gasteiger partial charge in [-0.25, -0.2) is 9.67 Å². The summed E-state index contributed by atoms with van der Waals surface area (Å²) in [6.45, 7) is 5.35. The Hall–Kier alpha value is -3.68. The minimum absolute atomic E-state index is 0.0490. The normalized spacial score (nSPS) is 11.1. The maximum Gasteiger partial charge on any atom is 0.244 e. The molecular formula is C23H26N6O2. The Kier molecular flexibility index (Phi) is 5.70. The van der Waals surface area contributed by atoms with E-state index in [0.29, 0.717) is 12.2 Å². The summed E-state index contributed by atoms with van der Waals surface area (Å²) in [5.41, 5.74) is 4.47. The Morgan fingerprint density at radius 2 is 1.90 bits per heavy atom. The SMILES string of the molecule is CCn1ccc(CN(C)C(=O)Cn2nc(C)c3c(-c4ccc(OC)cc4)ccnc32)n1. The molecule has 0 unspecified atom stereocenters. The number of fused-ring (bicyclic) bond motifs is 1. The van der Waals surface area contributed by atoms with E-state index in [4.69, 9.17) is 4.74 Å². The minimum Gasteiger partial charge on any atom is -0.497 e. The van der Waals surface area contributed by atoms with Crippen LogP contribution in [0.15, 0.2) is 48.8 Å². The predicted octanol–water partition coefficient (Wildman–Crippen LogP) is 3.29. The fourth-order valence-corrected chi connectivity index (χ4v) is 3.65. The third kappa shape index (κ3) is 4.14. The van der Waals surface area contributed by atoms with Gasteiger partial charge >= 0.3 is 0 Å². The molecule has 8 nitrogen and oxygen atoms in total. The second-order valence-corrected chi connectivity index (χ2v) is 7.44. The van der Waals surface area contributed by atoms with Gasteiger partial charge in [-0.3, -0.25) is 9.48 Å². The summed E-state index contributed by atoms with van der Waals surface area (Å²) in [5.74, 6) is 0.756. The lowest BCUT2D eigenvalue weighted by molar-refractivity contribution is -0.131. The molecule has 4 rings (SSSR count). The molecule has 3 aromatic heterocycles. The van der Waals surface area contributed by atoms with E-state index >= 15 is 0 Å². The number of aryl methyl sites for hydroxylation is 2. The molecule has 0 atom stereocenters. The number of aromatic nitrogens is 5. The Labute approximate surface area is 181 Å². The third-order valence-electron chi connectivity index (χ3n) is 5.34. The van der Waals surface area contributed by atoms with Crippen molar-refractivity contribution in [3.8, 4) is 16.9 Å². The first-order valence-corrected chi connectivity index (χ1v) is 10.2. The second-order valence-electron chi connectivity index (χ2n) is 7.44. The Bertz CT molecular complexity index is 1210. The van der Waals surface area contributed by atoms with Crippen LogP contribution in [0.3, 0.4) is 0 Å². The lowest BCUT2D eigenvalue weighted by Gasteiger charge is -2.16. The maximum atomic E-state index is 12.9. The van der Waals surface area contributed by atoms with Crippen molar-refractivity contribution in [2.45, 2.75) is 33.5 Å². The largest absolute Gasteiger partial charge is 0.497 e. The van der Waals surface area contributed by atoms with E-state index in [1.165, 1.54) is 0 Å². The van der Waals surface area contributed by atoms with E-state index in [0.717, 1.165) is 40.2 Å². The van der Waals surface area contributed by atoms with Gasteiger partial charge in [-0.05, 0) is 49.2 Å². The van der Waals surface area contributed by atoms with Crippen molar-refractivity contribution in [2.75, 3.05) is 14.2 Å². The number of carbonyl (C=O) groups excluding carboxylic acids is 1. The Morgan fingerprint density at radius 1 is 1.13 bits per heavy atom. The van der Waals surface area contributed by atoms with Gasteiger partial charge < -0.3 is 9.64 Å². The lowest BCUT2D eigenvalue weighted by Crippen LogP contribution is -2.30. The van der Waals surface area contributed by atoms with E-state index < -0.39 is 0 Å². The highest BCUT2D eigenvalue weighted by molar-refractivity contribution is 5.95. The van der Waals surface area contributed by atoms with E-state index in [2.05, 4.69) is 15.2 Å². The molecule has 0 aliphatic rings. The molecular weight excluding hydrogens is 392 g/mol. The Balaban J connectivity index is 1.59. The quantitative estimate of drug-likeness (QED) is 0.460. The number of pyridine rings is 1. The van der Waals surface area contributed by atoms with Crippen LogP contribution >= 0.6 is 0 Å². The molecule has 4 aromatic rings. The van der Waals surface area contributed by atoms with Gasteiger partial charge in [0.1, 0.15) is 12.3 Å². The van der Waals surface area contributed by atoms with Crippen molar-refractivity contribution in [3.05, 3.63) is 60.2 Å². The standard InChI is InChI=1S/C23H26N6O2/c1-5-28-13-11-18(26-28)14-27(3)21(30)15-29-23-22(16(2)25-29)20(10-12-24-23)17-6-8-19(31-4)9-7-17/h6-13H,5,14-15H2,1-4H3. The summed E-state index contributed by atoms with van der Waals surface area (Å²) in [6, 6.07) is 11.8. The molecule has 0 N–H and O–H groups in total. The molecule has 3 heterocycles. The highest BCUT2D eigenvalue weighted by Gasteiger charge is 2.18. The van der Waals surface area contributed by atoms with Gasteiger partial charge in [0.15, 0.2) is 5.65 Å². The first kappa shape index (κ1) is 20.6.